The van der Waals surface area contributed by atoms with E-state index in [-0.39, 0.29) is 34.6 Å². The molecule has 0 N–H and O–H groups in total. The third-order valence-corrected chi connectivity index (χ3v) is 4.53. The molecule has 0 fully saturated rings. The highest BCUT2D eigenvalue weighted by Crippen LogP contribution is 2.32. The summed E-state index contributed by atoms with van der Waals surface area (Å²) in [5, 5.41) is 18.9. The molecule has 10 nitrogen and oxygen atoms in total. The molecule has 1 heterocycles. The van der Waals surface area contributed by atoms with Crippen LogP contribution < -0.4 is 9.47 Å². The van der Waals surface area contributed by atoms with Crippen LogP contribution in [0.2, 0.25) is 5.02 Å². The lowest BCUT2D eigenvalue weighted by molar-refractivity contribution is -0.384. The molecule has 3 rings (SSSR count). The molecule has 0 aliphatic carbocycles. The van der Waals surface area contributed by atoms with Crippen molar-refractivity contribution < 1.29 is 23.6 Å². The highest BCUT2D eigenvalue weighted by Gasteiger charge is 2.20. The lowest BCUT2D eigenvalue weighted by Crippen LogP contribution is -2.26. The van der Waals surface area contributed by atoms with Gasteiger partial charge >= 0.3 is 0 Å². The number of rotatable bonds is 7. The lowest BCUT2D eigenvalue weighted by atomic mass is 10.2. The van der Waals surface area contributed by atoms with Gasteiger partial charge in [0.05, 0.1) is 25.7 Å². The molecule has 0 spiro atoms. The maximum absolute atomic E-state index is 12.6. The smallest absolute Gasteiger partial charge is 0.288 e. The van der Waals surface area contributed by atoms with Gasteiger partial charge in [-0.2, -0.15) is 0 Å². The molecule has 11 heteroatoms. The van der Waals surface area contributed by atoms with Gasteiger partial charge in [0.15, 0.2) is 11.5 Å². The number of hydrogen-bond donors (Lipinski definition) is 0. The normalized spacial score (nSPS) is 10.5. The summed E-state index contributed by atoms with van der Waals surface area (Å²) in [5.41, 5.74) is 0.395. The second-order valence-electron chi connectivity index (χ2n) is 6.16. The topological polar surface area (TPSA) is 121 Å². The van der Waals surface area contributed by atoms with E-state index in [0.29, 0.717) is 17.1 Å². The standard InChI is InChI=1S/C19H17ClN4O6/c1-23(19(25)12-4-6-13(20)14(8-12)24(26)27)10-17-21-22-18(30-17)11-5-7-15(28-2)16(9-11)29-3/h4-9H,10H2,1-3H3. The summed E-state index contributed by atoms with van der Waals surface area (Å²) in [4.78, 5) is 24.3. The van der Waals surface area contributed by atoms with E-state index in [4.69, 9.17) is 25.5 Å². The van der Waals surface area contributed by atoms with Crippen molar-refractivity contribution in [2.75, 3.05) is 21.3 Å². The number of benzene rings is 2. The van der Waals surface area contributed by atoms with E-state index in [1.807, 2.05) is 0 Å². The fraction of sp³-hybridized carbons (Fsp3) is 0.211. The maximum Gasteiger partial charge on any atom is 0.288 e. The van der Waals surface area contributed by atoms with Gasteiger partial charge in [0.2, 0.25) is 11.8 Å². The predicted molar refractivity (Wildman–Crippen MR) is 107 cm³/mol. The number of carbonyl (C=O) groups is 1. The SMILES string of the molecule is COc1ccc(-c2nnc(CN(C)C(=O)c3ccc(Cl)c([N+](=O)[O-])c3)o2)cc1OC. The average Bonchev–Trinajstić information content (AvgIpc) is 3.21. The average molecular weight is 433 g/mol. The quantitative estimate of drug-likeness (QED) is 0.410. The van der Waals surface area contributed by atoms with Gasteiger partial charge in [0, 0.05) is 24.2 Å². The molecule has 0 bridgehead atoms. The second kappa shape index (κ2) is 8.78. The molecule has 1 amide bonds. The summed E-state index contributed by atoms with van der Waals surface area (Å²) in [6.45, 7) is 0.00947. The number of methoxy groups -OCH3 is 2. The van der Waals surface area contributed by atoms with Crippen molar-refractivity contribution in [1.29, 1.82) is 0 Å². The van der Waals surface area contributed by atoms with E-state index >= 15 is 0 Å². The first-order valence-electron chi connectivity index (χ1n) is 8.58. The van der Waals surface area contributed by atoms with Crippen LogP contribution >= 0.6 is 11.6 Å². The molecule has 0 atom stereocenters. The number of hydrogen-bond acceptors (Lipinski definition) is 8. The van der Waals surface area contributed by atoms with E-state index in [1.165, 1.54) is 38.3 Å². The fourth-order valence-corrected chi connectivity index (χ4v) is 2.87. The zero-order valence-electron chi connectivity index (χ0n) is 16.3. The van der Waals surface area contributed by atoms with Gasteiger partial charge < -0.3 is 18.8 Å². The number of nitrogens with zero attached hydrogens (tertiary/aromatic N) is 4. The Bertz CT molecular complexity index is 1100. The second-order valence-corrected chi connectivity index (χ2v) is 6.56. The van der Waals surface area contributed by atoms with Crippen LogP contribution in [0.3, 0.4) is 0 Å². The third kappa shape index (κ3) is 4.33. The number of ether oxygens (including phenoxy) is 2. The van der Waals surface area contributed by atoms with Crippen molar-refractivity contribution in [3.63, 3.8) is 0 Å². The zero-order chi connectivity index (χ0) is 21.8. The highest BCUT2D eigenvalue weighted by atomic mass is 35.5. The van der Waals surface area contributed by atoms with E-state index in [0.717, 1.165) is 6.07 Å². The van der Waals surface area contributed by atoms with Gasteiger partial charge in [-0.3, -0.25) is 14.9 Å². The van der Waals surface area contributed by atoms with Gasteiger partial charge in [-0.15, -0.1) is 10.2 Å². The van der Waals surface area contributed by atoms with Crippen molar-refractivity contribution in [2.24, 2.45) is 0 Å². The minimum Gasteiger partial charge on any atom is -0.493 e. The molecule has 30 heavy (non-hydrogen) atoms. The Morgan fingerprint density at radius 3 is 2.57 bits per heavy atom. The largest absolute Gasteiger partial charge is 0.493 e. The van der Waals surface area contributed by atoms with Crippen molar-refractivity contribution in [3.05, 3.63) is 63.0 Å². The predicted octanol–water partition coefficient (Wildman–Crippen LogP) is 3.59. The summed E-state index contributed by atoms with van der Waals surface area (Å²) < 4.78 is 16.1. The number of aromatic nitrogens is 2. The van der Waals surface area contributed by atoms with Crippen LogP contribution in [0.5, 0.6) is 11.5 Å². The first-order valence-corrected chi connectivity index (χ1v) is 8.96. The molecule has 0 aliphatic rings. The Hall–Kier alpha value is -3.66. The highest BCUT2D eigenvalue weighted by molar-refractivity contribution is 6.32. The zero-order valence-corrected chi connectivity index (χ0v) is 17.0. The summed E-state index contributed by atoms with van der Waals surface area (Å²) >= 11 is 5.79. The summed E-state index contributed by atoms with van der Waals surface area (Å²) in [6, 6.07) is 8.99. The molecular formula is C19H17ClN4O6. The van der Waals surface area contributed by atoms with E-state index < -0.39 is 10.8 Å². The number of nitro benzene ring substituents is 1. The molecule has 1 aromatic heterocycles. The number of nitro groups is 1. The molecular weight excluding hydrogens is 416 g/mol. The molecule has 0 saturated carbocycles. The molecule has 156 valence electrons. The van der Waals surface area contributed by atoms with Gasteiger partial charge in [0.1, 0.15) is 5.02 Å². The summed E-state index contributed by atoms with van der Waals surface area (Å²) in [6.07, 6.45) is 0. The molecule has 3 aromatic rings. The minimum atomic E-state index is -0.646. The first-order chi connectivity index (χ1) is 14.3. The van der Waals surface area contributed by atoms with Crippen LogP contribution in [0, 0.1) is 10.1 Å². The van der Waals surface area contributed by atoms with Gasteiger partial charge in [-0.25, -0.2) is 0 Å². The molecule has 0 radical (unpaired) electrons. The first kappa shape index (κ1) is 21.1. The van der Waals surface area contributed by atoms with Crippen LogP contribution in [0.4, 0.5) is 5.69 Å². The van der Waals surface area contributed by atoms with Crippen LogP contribution in [0.25, 0.3) is 11.5 Å². The Labute approximate surface area is 176 Å². The number of carbonyl (C=O) groups excluding carboxylic acids is 1. The Kier molecular flexibility index (Phi) is 6.17. The molecule has 0 unspecified atom stereocenters. The van der Waals surface area contributed by atoms with Gasteiger partial charge in [-0.1, -0.05) is 11.6 Å². The van der Waals surface area contributed by atoms with Crippen LogP contribution in [-0.4, -0.2) is 47.2 Å². The Morgan fingerprint density at radius 2 is 1.90 bits per heavy atom. The number of amides is 1. The molecule has 0 aliphatic heterocycles. The Balaban J connectivity index is 1.76. The number of halogens is 1. The molecule has 2 aromatic carbocycles. The van der Waals surface area contributed by atoms with Crippen molar-refractivity contribution in [1.82, 2.24) is 15.1 Å². The van der Waals surface area contributed by atoms with Crippen molar-refractivity contribution in [2.45, 2.75) is 6.54 Å². The summed E-state index contributed by atoms with van der Waals surface area (Å²) in [7, 11) is 4.57. The summed E-state index contributed by atoms with van der Waals surface area (Å²) in [5.74, 6) is 1.04. The Morgan fingerprint density at radius 1 is 1.17 bits per heavy atom. The maximum atomic E-state index is 12.6. The fourth-order valence-electron chi connectivity index (χ4n) is 2.68. The molecule has 0 saturated heterocycles. The van der Waals surface area contributed by atoms with Crippen molar-refractivity contribution in [3.8, 4) is 23.0 Å². The lowest BCUT2D eigenvalue weighted by Gasteiger charge is -2.14. The monoisotopic (exact) mass is 432 g/mol. The minimum absolute atomic E-state index is 0.00947. The van der Waals surface area contributed by atoms with E-state index in [1.54, 1.807) is 18.2 Å². The van der Waals surface area contributed by atoms with E-state index in [2.05, 4.69) is 10.2 Å². The van der Waals surface area contributed by atoms with Gasteiger partial charge in [-0.05, 0) is 30.3 Å². The van der Waals surface area contributed by atoms with Crippen LogP contribution in [0.15, 0.2) is 40.8 Å². The van der Waals surface area contributed by atoms with Gasteiger partial charge in [0.25, 0.3) is 11.6 Å². The van der Waals surface area contributed by atoms with Crippen LogP contribution in [0.1, 0.15) is 16.2 Å². The van der Waals surface area contributed by atoms with E-state index in [9.17, 15) is 14.9 Å². The third-order valence-electron chi connectivity index (χ3n) is 4.21. The van der Waals surface area contributed by atoms with Crippen LogP contribution in [-0.2, 0) is 6.54 Å². The van der Waals surface area contributed by atoms with Crippen molar-refractivity contribution >= 4 is 23.2 Å².